The van der Waals surface area contributed by atoms with Crippen molar-refractivity contribution in [2.45, 2.75) is 76.0 Å². The molecule has 4 N–H and O–H groups in total. The summed E-state index contributed by atoms with van der Waals surface area (Å²) in [7, 11) is 6.18. The van der Waals surface area contributed by atoms with E-state index in [1.54, 1.807) is 6.20 Å². The Bertz CT molecular complexity index is 1610. The number of likely N-dealkylation sites (N-methyl/N-ethyl adjacent to an activating group) is 2. The molecule has 0 unspecified atom stereocenters. The molecular formula is C33H42FN9O. The Labute approximate surface area is 258 Å². The molecule has 2 aromatic heterocycles. The normalized spacial score (nSPS) is 22.6. The highest BCUT2D eigenvalue weighted by Gasteiger charge is 2.47. The lowest BCUT2D eigenvalue weighted by atomic mass is 9.68. The molecule has 1 saturated heterocycles. The van der Waals surface area contributed by atoms with Gasteiger partial charge in [0.25, 0.3) is 0 Å². The number of likely N-dealkylation sites (tertiary alicyclic amines) is 1. The highest BCUT2D eigenvalue weighted by atomic mass is 19.1. The predicted molar refractivity (Wildman–Crippen MR) is 169 cm³/mol. The Morgan fingerprint density at radius 3 is 2.80 bits per heavy atom. The minimum Gasteiger partial charge on any atom is -0.462 e. The second kappa shape index (κ2) is 11.8. The molecule has 10 nitrogen and oxygen atoms in total. The summed E-state index contributed by atoms with van der Waals surface area (Å²) in [5.41, 5.74) is 16.4. The fourth-order valence-corrected chi connectivity index (χ4v) is 7.49. The predicted octanol–water partition coefficient (Wildman–Crippen LogP) is 4.33. The van der Waals surface area contributed by atoms with Gasteiger partial charge in [-0.1, -0.05) is 12.5 Å². The van der Waals surface area contributed by atoms with Crippen molar-refractivity contribution in [1.82, 2.24) is 24.8 Å². The van der Waals surface area contributed by atoms with Crippen LogP contribution in [0.3, 0.4) is 0 Å². The Hall–Kier alpha value is -4.01. The van der Waals surface area contributed by atoms with Gasteiger partial charge in [-0.25, -0.2) is 9.37 Å². The summed E-state index contributed by atoms with van der Waals surface area (Å²) >= 11 is 0. The van der Waals surface area contributed by atoms with Crippen LogP contribution in [0.15, 0.2) is 24.4 Å². The van der Waals surface area contributed by atoms with Crippen LogP contribution in [-0.4, -0.2) is 65.1 Å². The number of piperidine rings is 1. The van der Waals surface area contributed by atoms with Gasteiger partial charge in [-0.2, -0.15) is 15.2 Å². The summed E-state index contributed by atoms with van der Waals surface area (Å²) in [4.78, 5) is 21.0. The average Bonchev–Trinajstić information content (AvgIpc) is 3.01. The van der Waals surface area contributed by atoms with Crippen molar-refractivity contribution in [3.63, 3.8) is 0 Å². The van der Waals surface area contributed by atoms with Gasteiger partial charge >= 0.3 is 6.01 Å². The van der Waals surface area contributed by atoms with Gasteiger partial charge in [0.2, 0.25) is 0 Å². The molecule has 1 spiro atoms. The van der Waals surface area contributed by atoms with E-state index in [0.29, 0.717) is 60.6 Å². The molecule has 0 amide bonds. The van der Waals surface area contributed by atoms with E-state index in [1.807, 2.05) is 26.2 Å². The number of nitrogens with zero attached hydrogens (tertiary/aromatic N) is 7. The first-order valence-corrected chi connectivity index (χ1v) is 15.5. The Morgan fingerprint density at radius 2 is 2.05 bits per heavy atom. The highest BCUT2D eigenvalue weighted by Crippen LogP contribution is 2.50. The van der Waals surface area contributed by atoms with Gasteiger partial charge in [-0.3, -0.25) is 4.90 Å². The number of fused-ring (bicyclic) bond motifs is 3. The molecule has 232 valence electrons. The number of anilines is 3. The molecule has 44 heavy (non-hydrogen) atoms. The first-order valence-electron chi connectivity index (χ1n) is 15.5. The molecule has 11 heteroatoms. The molecule has 2 aliphatic heterocycles. The third-order valence-corrected chi connectivity index (χ3v) is 10.2. The number of nitriles is 1. The standard InChI is InChI=1S/C33H42FN9O/c1-20(22-11-8-13-38-30(22)37)43(4)31-25-18-42(3)33(12-7-10-23-26(34)15-27(36)24(17-35)29(23)33)16-28(25)39-32(40-31)44-19-21-9-5-6-14-41(21)2/h8,11,13,15,20-21H,5-7,9-10,12,14,16,18-19,36H2,1-4H3,(H2,37,38)/t20-,21+,33+/m1/s1. The molecule has 3 atom stereocenters. The molecule has 0 radical (unpaired) electrons. The van der Waals surface area contributed by atoms with Crippen molar-refractivity contribution < 1.29 is 9.13 Å². The van der Waals surface area contributed by atoms with Gasteiger partial charge in [-0.15, -0.1) is 0 Å². The van der Waals surface area contributed by atoms with Crippen LogP contribution in [0.25, 0.3) is 0 Å². The van der Waals surface area contributed by atoms with Crippen LogP contribution >= 0.6 is 0 Å². The molecule has 6 rings (SSSR count). The monoisotopic (exact) mass is 599 g/mol. The number of hydrogen-bond donors (Lipinski definition) is 2. The van der Waals surface area contributed by atoms with Crippen LogP contribution in [0.1, 0.15) is 78.6 Å². The average molecular weight is 600 g/mol. The van der Waals surface area contributed by atoms with E-state index in [2.05, 4.69) is 39.7 Å². The number of benzene rings is 1. The molecule has 1 fully saturated rings. The van der Waals surface area contributed by atoms with Crippen LogP contribution in [0.5, 0.6) is 6.01 Å². The Kier molecular flexibility index (Phi) is 8.07. The van der Waals surface area contributed by atoms with Crippen LogP contribution < -0.4 is 21.1 Å². The minimum absolute atomic E-state index is 0.129. The number of nitrogens with two attached hydrogens (primary N) is 2. The maximum Gasteiger partial charge on any atom is 0.318 e. The van der Waals surface area contributed by atoms with Gasteiger partial charge in [0.05, 0.1) is 28.5 Å². The largest absolute Gasteiger partial charge is 0.462 e. The lowest BCUT2D eigenvalue weighted by Crippen LogP contribution is -2.51. The third kappa shape index (κ3) is 5.10. The van der Waals surface area contributed by atoms with Gasteiger partial charge in [0.1, 0.15) is 30.1 Å². The summed E-state index contributed by atoms with van der Waals surface area (Å²) in [6.07, 6.45) is 7.74. The first-order chi connectivity index (χ1) is 21.1. The summed E-state index contributed by atoms with van der Waals surface area (Å²) in [5.74, 6) is 0.890. The zero-order valence-electron chi connectivity index (χ0n) is 26.1. The first kappa shape index (κ1) is 30.0. The molecule has 4 heterocycles. The van der Waals surface area contributed by atoms with E-state index in [-0.39, 0.29) is 17.5 Å². The van der Waals surface area contributed by atoms with Crippen LogP contribution in [0, 0.1) is 17.1 Å². The van der Waals surface area contributed by atoms with Crippen molar-refractivity contribution in [2.24, 2.45) is 0 Å². The highest BCUT2D eigenvalue weighted by molar-refractivity contribution is 5.64. The lowest BCUT2D eigenvalue weighted by Gasteiger charge is -2.50. The topological polar surface area (TPSA) is 133 Å². The lowest BCUT2D eigenvalue weighted by molar-refractivity contribution is 0.0709. The zero-order chi connectivity index (χ0) is 31.2. The number of hydrogen-bond acceptors (Lipinski definition) is 10. The van der Waals surface area contributed by atoms with Crippen molar-refractivity contribution in [3.05, 3.63) is 63.7 Å². The number of aromatic nitrogens is 3. The van der Waals surface area contributed by atoms with E-state index in [1.165, 1.54) is 18.9 Å². The van der Waals surface area contributed by atoms with Crippen molar-refractivity contribution in [2.75, 3.05) is 50.7 Å². The maximum atomic E-state index is 15.4. The van der Waals surface area contributed by atoms with Crippen molar-refractivity contribution >= 4 is 17.3 Å². The smallest absolute Gasteiger partial charge is 0.318 e. The van der Waals surface area contributed by atoms with E-state index >= 15 is 4.39 Å². The number of halogens is 1. The molecular weight excluding hydrogens is 557 g/mol. The molecule has 0 saturated carbocycles. The Balaban J connectivity index is 1.45. The van der Waals surface area contributed by atoms with E-state index in [4.69, 9.17) is 26.2 Å². The third-order valence-electron chi connectivity index (χ3n) is 10.2. The van der Waals surface area contributed by atoms with Gasteiger partial charge < -0.3 is 26.0 Å². The fraction of sp³-hybridized carbons (Fsp3) is 0.515. The molecule has 0 bridgehead atoms. The second-order valence-electron chi connectivity index (χ2n) is 12.7. The number of ether oxygens (including phenoxy) is 1. The van der Waals surface area contributed by atoms with Crippen molar-refractivity contribution in [1.29, 1.82) is 5.26 Å². The van der Waals surface area contributed by atoms with Gasteiger partial charge in [0, 0.05) is 43.4 Å². The quantitative estimate of drug-likeness (QED) is 0.395. The summed E-state index contributed by atoms with van der Waals surface area (Å²) in [6.45, 7) is 4.14. The SMILES string of the molecule is C[C@H](c1cccnc1N)N(C)c1nc(OC[C@@H]2CCCCN2C)nc2c1CN(C)[C@@]1(CCCc3c(F)cc(N)c(C#N)c31)C2. The zero-order valence-corrected chi connectivity index (χ0v) is 26.1. The fourth-order valence-electron chi connectivity index (χ4n) is 7.49. The summed E-state index contributed by atoms with van der Waals surface area (Å²) < 4.78 is 21.7. The summed E-state index contributed by atoms with van der Waals surface area (Å²) in [5, 5.41) is 10.2. The van der Waals surface area contributed by atoms with Crippen LogP contribution in [-0.2, 0) is 24.9 Å². The van der Waals surface area contributed by atoms with Gasteiger partial charge in [0.15, 0.2) is 0 Å². The van der Waals surface area contributed by atoms with Gasteiger partial charge in [-0.05, 0) is 82.9 Å². The second-order valence-corrected chi connectivity index (χ2v) is 12.7. The number of rotatable bonds is 6. The maximum absolute atomic E-state index is 15.4. The van der Waals surface area contributed by atoms with E-state index < -0.39 is 5.54 Å². The molecule has 1 aromatic carbocycles. The summed E-state index contributed by atoms with van der Waals surface area (Å²) in [6, 6.07) is 7.95. The minimum atomic E-state index is -0.633. The molecule has 3 aromatic rings. The Morgan fingerprint density at radius 1 is 1.23 bits per heavy atom. The number of nitrogen functional groups attached to an aromatic ring is 2. The molecule has 3 aliphatic rings. The van der Waals surface area contributed by atoms with E-state index in [9.17, 15) is 5.26 Å². The van der Waals surface area contributed by atoms with E-state index in [0.717, 1.165) is 48.4 Å². The van der Waals surface area contributed by atoms with Crippen LogP contribution in [0.4, 0.5) is 21.7 Å². The van der Waals surface area contributed by atoms with Crippen molar-refractivity contribution in [3.8, 4) is 12.1 Å². The van der Waals surface area contributed by atoms with Crippen LogP contribution in [0.2, 0.25) is 0 Å². The number of pyridine rings is 1. The molecule has 1 aliphatic carbocycles.